The number of nitrogens with two attached hydrogens (primary N) is 2. The number of nitrogens with one attached hydrogen (secondary N) is 1. The summed E-state index contributed by atoms with van der Waals surface area (Å²) >= 11 is 0.830. The molecule has 0 bridgehead atoms. The number of sulfonamides is 1. The van der Waals surface area contributed by atoms with E-state index in [1.165, 1.54) is 6.07 Å². The molecule has 1 aromatic heterocycles. The molecule has 0 aliphatic rings. The van der Waals surface area contributed by atoms with E-state index in [-0.39, 0.29) is 29.6 Å². The van der Waals surface area contributed by atoms with Gasteiger partial charge in [-0.25, -0.2) is 13.4 Å². The Morgan fingerprint density at radius 1 is 1.18 bits per heavy atom. The lowest BCUT2D eigenvalue weighted by atomic mass is 10.3. The number of nitrogens with zero attached hydrogens (tertiary/aromatic N) is 1. The average Bonchev–Trinajstić information content (AvgIpc) is 2.99. The molecule has 2 rings (SSSR count). The zero-order chi connectivity index (χ0) is 21.1. The maximum Gasteiger partial charge on any atom is 0.340 e. The maximum absolute atomic E-state index is 12.2. The average molecular weight is 454 g/mol. The minimum Gasteiger partial charge on any atom is -0.488 e. The number of aromatic nitrogens is 1. The van der Waals surface area contributed by atoms with Crippen LogP contribution in [0.4, 0.5) is 0 Å². The van der Waals surface area contributed by atoms with Crippen LogP contribution in [0, 0.1) is 0 Å². The normalized spacial score (nSPS) is 14.8. The van der Waals surface area contributed by atoms with Crippen molar-refractivity contribution in [3.8, 4) is 11.5 Å². The van der Waals surface area contributed by atoms with Crippen LogP contribution < -0.4 is 25.7 Å². The predicted molar refractivity (Wildman–Crippen MR) is 105 cm³/mol. The number of rotatable bonds is 10. The van der Waals surface area contributed by atoms with Crippen molar-refractivity contribution in [2.24, 2.45) is 11.5 Å². The first-order valence-electron chi connectivity index (χ1n) is 8.13. The highest BCUT2D eigenvalue weighted by Gasteiger charge is 2.24. The van der Waals surface area contributed by atoms with Gasteiger partial charge in [-0.3, -0.25) is 4.57 Å². The predicted octanol–water partition coefficient (Wildman–Crippen LogP) is 0.162. The molecule has 7 N–H and O–H groups in total. The van der Waals surface area contributed by atoms with E-state index in [1.54, 1.807) is 19.9 Å². The summed E-state index contributed by atoms with van der Waals surface area (Å²) in [6, 6.07) is 2.63. The van der Waals surface area contributed by atoms with Crippen molar-refractivity contribution in [3.63, 3.8) is 0 Å². The van der Waals surface area contributed by atoms with Gasteiger partial charge in [-0.1, -0.05) is 0 Å². The minimum absolute atomic E-state index is 0.208. The van der Waals surface area contributed by atoms with Gasteiger partial charge in [0.2, 0.25) is 4.34 Å². The van der Waals surface area contributed by atoms with Crippen molar-refractivity contribution >= 4 is 39.2 Å². The smallest absolute Gasteiger partial charge is 0.340 e. The highest BCUT2D eigenvalue weighted by Crippen LogP contribution is 2.37. The number of benzene rings is 1. The fourth-order valence-electron chi connectivity index (χ4n) is 1.93. The van der Waals surface area contributed by atoms with Gasteiger partial charge in [0.15, 0.2) is 11.5 Å². The molecule has 1 aromatic carbocycles. The van der Waals surface area contributed by atoms with Crippen molar-refractivity contribution in [1.82, 2.24) is 9.71 Å². The van der Waals surface area contributed by atoms with Gasteiger partial charge in [0, 0.05) is 24.2 Å². The topological polar surface area (TPSA) is 187 Å². The molecule has 0 aliphatic heterocycles. The fourth-order valence-corrected chi connectivity index (χ4v) is 5.22. The number of thiazole rings is 1. The molecule has 2 atom stereocenters. The molecule has 0 amide bonds. The zero-order valence-corrected chi connectivity index (χ0v) is 17.8. The van der Waals surface area contributed by atoms with Gasteiger partial charge in [0.1, 0.15) is 19.5 Å². The van der Waals surface area contributed by atoms with Crippen molar-refractivity contribution in [2.45, 2.75) is 30.3 Å². The lowest BCUT2D eigenvalue weighted by molar-refractivity contribution is 0.251. The largest absolute Gasteiger partial charge is 0.488 e. The Morgan fingerprint density at radius 2 is 1.71 bits per heavy atom. The van der Waals surface area contributed by atoms with E-state index >= 15 is 0 Å². The van der Waals surface area contributed by atoms with Crippen molar-refractivity contribution < 1.29 is 32.2 Å². The van der Waals surface area contributed by atoms with Gasteiger partial charge in [-0.2, -0.15) is 4.72 Å². The Morgan fingerprint density at radius 3 is 2.21 bits per heavy atom. The van der Waals surface area contributed by atoms with Crippen LogP contribution in [-0.2, 0) is 14.6 Å². The highest BCUT2D eigenvalue weighted by atomic mass is 32.2. The first-order valence-corrected chi connectivity index (χ1v) is 12.2. The van der Waals surface area contributed by atoms with Gasteiger partial charge in [0.25, 0.3) is 10.0 Å². The van der Waals surface area contributed by atoms with E-state index < -0.39 is 23.9 Å². The van der Waals surface area contributed by atoms with Crippen molar-refractivity contribution in [1.29, 1.82) is 0 Å². The second kappa shape index (κ2) is 9.01. The number of ether oxygens (including phenoxy) is 2. The van der Waals surface area contributed by atoms with E-state index in [0.717, 1.165) is 11.3 Å². The van der Waals surface area contributed by atoms with E-state index in [1.807, 2.05) is 4.72 Å². The minimum atomic E-state index is -4.55. The summed E-state index contributed by atoms with van der Waals surface area (Å²) in [6.07, 6.45) is -1.02. The molecule has 0 fully saturated rings. The van der Waals surface area contributed by atoms with E-state index in [9.17, 15) is 13.0 Å². The summed E-state index contributed by atoms with van der Waals surface area (Å²) in [6.45, 7) is 3.96. The maximum atomic E-state index is 12.2. The monoisotopic (exact) mass is 454 g/mol. The molecule has 158 valence electrons. The van der Waals surface area contributed by atoms with Gasteiger partial charge in [0.05, 0.1) is 10.2 Å². The first kappa shape index (κ1) is 23.0. The van der Waals surface area contributed by atoms with Gasteiger partial charge >= 0.3 is 7.60 Å². The third-order valence-corrected chi connectivity index (χ3v) is 6.71. The van der Waals surface area contributed by atoms with Crippen LogP contribution in [0.1, 0.15) is 13.8 Å². The zero-order valence-electron chi connectivity index (χ0n) is 15.2. The molecule has 0 saturated carbocycles. The van der Waals surface area contributed by atoms with E-state index in [4.69, 9.17) is 30.7 Å². The molecular weight excluding hydrogens is 431 g/mol. The Balaban J connectivity index is 2.38. The summed E-state index contributed by atoms with van der Waals surface area (Å²) in [5.74, 6) is 0.698. The van der Waals surface area contributed by atoms with Gasteiger partial charge in [-0.05, 0) is 13.8 Å². The summed E-state index contributed by atoms with van der Waals surface area (Å²) in [5.41, 5.74) is 11.7. The lowest BCUT2D eigenvalue weighted by Crippen LogP contribution is -2.25. The van der Waals surface area contributed by atoms with E-state index in [0.29, 0.717) is 21.7 Å². The lowest BCUT2D eigenvalue weighted by Gasteiger charge is -2.15. The van der Waals surface area contributed by atoms with E-state index in [2.05, 4.69) is 4.98 Å². The second-order valence-electron chi connectivity index (χ2n) is 6.29. The number of hydrogen-bond donors (Lipinski definition) is 5. The first-order chi connectivity index (χ1) is 12.9. The summed E-state index contributed by atoms with van der Waals surface area (Å²) in [4.78, 5) is 21.8. The van der Waals surface area contributed by atoms with Crippen LogP contribution in [0.15, 0.2) is 16.5 Å². The van der Waals surface area contributed by atoms with Crippen LogP contribution in [-0.4, -0.2) is 54.8 Å². The summed E-state index contributed by atoms with van der Waals surface area (Å²) in [7, 11) is -8.74. The molecule has 0 spiro atoms. The summed E-state index contributed by atoms with van der Waals surface area (Å²) < 4.78 is 48.7. The van der Waals surface area contributed by atoms with Crippen molar-refractivity contribution in [2.75, 3.05) is 19.5 Å². The van der Waals surface area contributed by atoms with Crippen LogP contribution in [0.25, 0.3) is 10.2 Å². The Bertz CT molecular complexity index is 922. The molecular formula is C14H23N4O7PS2. The summed E-state index contributed by atoms with van der Waals surface area (Å²) in [5, 5.41) is 0. The van der Waals surface area contributed by atoms with Crippen LogP contribution in [0.3, 0.4) is 0 Å². The SMILES string of the molecule is CC(N)COc1cc2nc(S(=O)(=O)NCP(=O)(O)O)sc2cc1OCC(C)N. The Hall–Kier alpha value is -1.31. The molecule has 2 aromatic rings. The molecule has 0 radical (unpaired) electrons. The molecule has 0 saturated heterocycles. The van der Waals surface area contributed by atoms with Crippen LogP contribution in [0.5, 0.6) is 11.5 Å². The molecule has 1 heterocycles. The molecule has 2 unspecified atom stereocenters. The second-order valence-corrected chi connectivity index (χ2v) is 10.9. The molecule has 14 heteroatoms. The number of hydrogen-bond acceptors (Lipinski definition) is 9. The highest BCUT2D eigenvalue weighted by molar-refractivity contribution is 7.91. The third-order valence-electron chi connectivity index (χ3n) is 3.13. The van der Waals surface area contributed by atoms with Gasteiger partial charge in [-0.15, -0.1) is 11.3 Å². The fraction of sp³-hybridized carbons (Fsp3) is 0.500. The Labute approximate surface area is 166 Å². The molecule has 0 aliphatic carbocycles. The quantitative estimate of drug-likeness (QED) is 0.309. The van der Waals surface area contributed by atoms with Crippen molar-refractivity contribution in [3.05, 3.63) is 12.1 Å². The molecule has 11 nitrogen and oxygen atoms in total. The van der Waals surface area contributed by atoms with Crippen LogP contribution >= 0.6 is 18.9 Å². The number of fused-ring (bicyclic) bond motifs is 1. The Kier molecular flexibility index (Phi) is 7.39. The van der Waals surface area contributed by atoms with Crippen LogP contribution in [0.2, 0.25) is 0 Å². The third kappa shape index (κ3) is 6.64. The standard InChI is InChI=1S/C14H23N4O7PS2/c1-8(15)5-24-11-3-10-13(4-12(11)25-6-9(2)16)27-14(18-10)28(22,23)17-7-26(19,20)21/h3-4,8-9,17H,5-7,15-16H2,1-2H3,(H2,19,20,21). The molecule has 28 heavy (non-hydrogen) atoms. The van der Waals surface area contributed by atoms with Gasteiger partial charge < -0.3 is 30.7 Å².